The van der Waals surface area contributed by atoms with Gasteiger partial charge in [-0.3, -0.25) is 0 Å². The molecule has 2 rings (SSSR count). The second kappa shape index (κ2) is 4.66. The van der Waals surface area contributed by atoms with Crippen LogP contribution in [0.3, 0.4) is 0 Å². The van der Waals surface area contributed by atoms with Crippen LogP contribution in [0.25, 0.3) is 11.4 Å². The van der Waals surface area contributed by atoms with Crippen LogP contribution in [0.1, 0.15) is 17.0 Å². The van der Waals surface area contributed by atoms with Gasteiger partial charge in [0.15, 0.2) is 0 Å². The Kier molecular flexibility index (Phi) is 3.20. The lowest BCUT2D eigenvalue weighted by Gasteiger charge is -2.11. The average Bonchev–Trinajstić information content (AvgIpc) is 2.85. The van der Waals surface area contributed by atoms with Gasteiger partial charge in [-0.15, -0.1) is 0 Å². The Morgan fingerprint density at radius 3 is 2.67 bits per heavy atom. The minimum absolute atomic E-state index is 0.123. The molecule has 96 valence electrons. The molecule has 0 fully saturated rings. The quantitative estimate of drug-likeness (QED) is 0.856. The molecule has 2 aromatic rings. The molecule has 6 nitrogen and oxygen atoms in total. The van der Waals surface area contributed by atoms with Crippen LogP contribution in [0.2, 0.25) is 0 Å². The summed E-state index contributed by atoms with van der Waals surface area (Å²) in [5, 5.41) is 13.9. The fourth-order valence-corrected chi connectivity index (χ4v) is 1.70. The van der Waals surface area contributed by atoms with Crippen LogP contribution in [-0.2, 0) is 6.54 Å². The van der Waals surface area contributed by atoms with E-state index >= 15 is 0 Å². The summed E-state index contributed by atoms with van der Waals surface area (Å²) in [4.78, 5) is 4.09. The third-order valence-corrected chi connectivity index (χ3v) is 2.92. The molecule has 0 aliphatic rings. The van der Waals surface area contributed by atoms with Crippen molar-refractivity contribution in [3.05, 3.63) is 23.1 Å². The Balaban J connectivity index is 2.60. The van der Waals surface area contributed by atoms with Gasteiger partial charge in [0.05, 0.1) is 19.2 Å². The number of aromatic hydroxyl groups is 1. The normalized spacial score (nSPS) is 10.7. The van der Waals surface area contributed by atoms with E-state index in [0.717, 1.165) is 11.1 Å². The zero-order valence-corrected chi connectivity index (χ0v) is 10.5. The molecule has 0 spiro atoms. The van der Waals surface area contributed by atoms with Gasteiger partial charge in [-0.05, 0) is 31.0 Å². The molecule has 18 heavy (non-hydrogen) atoms. The van der Waals surface area contributed by atoms with E-state index < -0.39 is 0 Å². The molecule has 0 atom stereocenters. The second-order valence-electron chi connectivity index (χ2n) is 3.94. The largest absolute Gasteiger partial charge is 0.507 e. The monoisotopic (exact) mass is 249 g/mol. The summed E-state index contributed by atoms with van der Waals surface area (Å²) in [5.74, 6) is 1.41. The Labute approximate surface area is 104 Å². The first-order valence-corrected chi connectivity index (χ1v) is 5.48. The number of ether oxygens (including phenoxy) is 1. The fourth-order valence-electron chi connectivity index (χ4n) is 1.70. The molecule has 6 heteroatoms. The van der Waals surface area contributed by atoms with Crippen LogP contribution >= 0.6 is 0 Å². The summed E-state index contributed by atoms with van der Waals surface area (Å²) in [7, 11) is 1.57. The van der Waals surface area contributed by atoms with Crippen LogP contribution in [0.4, 0.5) is 0 Å². The standard InChI is InChI=1S/C12H15N3O3/c1-6-7(2)11(16)8(4-9(6)17-3)12-14-10(5-13)18-15-12/h4,16H,5,13H2,1-3H3. The van der Waals surface area contributed by atoms with Crippen molar-refractivity contribution in [3.8, 4) is 22.9 Å². The maximum atomic E-state index is 10.1. The van der Waals surface area contributed by atoms with E-state index in [2.05, 4.69) is 10.1 Å². The van der Waals surface area contributed by atoms with E-state index in [4.69, 9.17) is 15.0 Å². The van der Waals surface area contributed by atoms with Gasteiger partial charge in [-0.2, -0.15) is 4.98 Å². The predicted octanol–water partition coefficient (Wildman–Crippen LogP) is 1.53. The maximum absolute atomic E-state index is 10.1. The van der Waals surface area contributed by atoms with Crippen molar-refractivity contribution in [2.24, 2.45) is 5.73 Å². The van der Waals surface area contributed by atoms with E-state index in [-0.39, 0.29) is 12.3 Å². The Morgan fingerprint density at radius 1 is 1.39 bits per heavy atom. The Hall–Kier alpha value is -2.08. The first-order chi connectivity index (χ1) is 8.58. The average molecular weight is 249 g/mol. The van der Waals surface area contributed by atoms with E-state index in [1.807, 2.05) is 6.92 Å². The van der Waals surface area contributed by atoms with Crippen molar-refractivity contribution in [1.29, 1.82) is 0 Å². The molecule has 0 saturated heterocycles. The fraction of sp³-hybridized carbons (Fsp3) is 0.333. The van der Waals surface area contributed by atoms with E-state index in [0.29, 0.717) is 23.0 Å². The molecule has 0 aliphatic carbocycles. The van der Waals surface area contributed by atoms with Gasteiger partial charge in [-0.1, -0.05) is 5.16 Å². The lowest BCUT2D eigenvalue weighted by molar-refractivity contribution is 0.380. The van der Waals surface area contributed by atoms with Gasteiger partial charge >= 0.3 is 0 Å². The molecule has 1 heterocycles. The third kappa shape index (κ3) is 1.91. The van der Waals surface area contributed by atoms with Crippen LogP contribution < -0.4 is 10.5 Å². The Bertz CT molecular complexity index is 578. The predicted molar refractivity (Wildman–Crippen MR) is 65.3 cm³/mol. The molecule has 0 radical (unpaired) electrons. The molecule has 0 saturated carbocycles. The van der Waals surface area contributed by atoms with Crippen molar-refractivity contribution in [3.63, 3.8) is 0 Å². The number of rotatable bonds is 3. The molecular formula is C12H15N3O3. The highest BCUT2D eigenvalue weighted by molar-refractivity contribution is 5.70. The summed E-state index contributed by atoms with van der Waals surface area (Å²) < 4.78 is 10.2. The summed E-state index contributed by atoms with van der Waals surface area (Å²) in [6.45, 7) is 3.84. The number of aromatic nitrogens is 2. The Morgan fingerprint density at radius 2 is 2.11 bits per heavy atom. The number of nitrogens with zero attached hydrogens (tertiary/aromatic N) is 2. The number of hydrogen-bond donors (Lipinski definition) is 2. The maximum Gasteiger partial charge on any atom is 0.240 e. The third-order valence-electron chi connectivity index (χ3n) is 2.92. The van der Waals surface area contributed by atoms with Crippen molar-refractivity contribution < 1.29 is 14.4 Å². The number of phenols is 1. The van der Waals surface area contributed by atoms with Gasteiger partial charge in [-0.25, -0.2) is 0 Å². The van der Waals surface area contributed by atoms with E-state index in [1.165, 1.54) is 0 Å². The van der Waals surface area contributed by atoms with Gasteiger partial charge < -0.3 is 20.1 Å². The van der Waals surface area contributed by atoms with E-state index in [9.17, 15) is 5.11 Å². The van der Waals surface area contributed by atoms with Crippen LogP contribution in [-0.4, -0.2) is 22.4 Å². The van der Waals surface area contributed by atoms with Crippen molar-refractivity contribution in [1.82, 2.24) is 10.1 Å². The molecule has 3 N–H and O–H groups in total. The topological polar surface area (TPSA) is 94.4 Å². The number of benzene rings is 1. The lowest BCUT2D eigenvalue weighted by atomic mass is 10.0. The molecule has 0 unspecified atom stereocenters. The molecule has 0 bridgehead atoms. The van der Waals surface area contributed by atoms with Gasteiger partial charge in [0.25, 0.3) is 0 Å². The number of nitrogens with two attached hydrogens (primary N) is 1. The molecule has 0 aliphatic heterocycles. The second-order valence-corrected chi connectivity index (χ2v) is 3.94. The zero-order valence-electron chi connectivity index (χ0n) is 10.5. The molecule has 1 aromatic heterocycles. The minimum atomic E-state index is 0.123. The van der Waals surface area contributed by atoms with E-state index in [1.54, 1.807) is 20.1 Å². The van der Waals surface area contributed by atoms with Crippen molar-refractivity contribution in [2.75, 3.05) is 7.11 Å². The molecular weight excluding hydrogens is 234 g/mol. The van der Waals surface area contributed by atoms with Crippen LogP contribution in [0.15, 0.2) is 10.6 Å². The molecule has 1 aromatic carbocycles. The zero-order chi connectivity index (χ0) is 13.3. The highest BCUT2D eigenvalue weighted by atomic mass is 16.5. The van der Waals surface area contributed by atoms with Gasteiger partial charge in [0.2, 0.25) is 11.7 Å². The molecule has 0 amide bonds. The minimum Gasteiger partial charge on any atom is -0.507 e. The SMILES string of the molecule is COc1cc(-c2noc(CN)n2)c(O)c(C)c1C. The summed E-state index contributed by atoms with van der Waals surface area (Å²) in [6.07, 6.45) is 0. The van der Waals surface area contributed by atoms with Crippen molar-refractivity contribution in [2.45, 2.75) is 20.4 Å². The van der Waals surface area contributed by atoms with Crippen LogP contribution in [0.5, 0.6) is 11.5 Å². The highest BCUT2D eigenvalue weighted by Gasteiger charge is 2.17. The van der Waals surface area contributed by atoms with Gasteiger partial charge in [0.1, 0.15) is 11.5 Å². The summed E-state index contributed by atoms with van der Waals surface area (Å²) in [5.41, 5.74) is 7.48. The smallest absolute Gasteiger partial charge is 0.240 e. The highest BCUT2D eigenvalue weighted by Crippen LogP contribution is 2.37. The summed E-state index contributed by atoms with van der Waals surface area (Å²) >= 11 is 0. The van der Waals surface area contributed by atoms with Crippen LogP contribution in [0, 0.1) is 13.8 Å². The number of phenolic OH excluding ortho intramolecular Hbond substituents is 1. The number of methoxy groups -OCH3 is 1. The van der Waals surface area contributed by atoms with Crippen molar-refractivity contribution >= 4 is 0 Å². The van der Waals surface area contributed by atoms with Gasteiger partial charge in [0, 0.05) is 0 Å². The first kappa shape index (κ1) is 12.4. The first-order valence-electron chi connectivity index (χ1n) is 5.48. The lowest BCUT2D eigenvalue weighted by Crippen LogP contribution is -1.96. The number of hydrogen-bond acceptors (Lipinski definition) is 6. The summed E-state index contributed by atoms with van der Waals surface area (Å²) in [6, 6.07) is 1.68.